The molecule has 1 aromatic heterocycles. The van der Waals surface area contributed by atoms with Gasteiger partial charge >= 0.3 is 0 Å². The first kappa shape index (κ1) is 7.42. The zero-order valence-electron chi connectivity index (χ0n) is 6.97. The van der Waals surface area contributed by atoms with Gasteiger partial charge < -0.3 is 10.3 Å². The minimum Gasteiger partial charge on any atom is -0.356 e. The maximum atomic E-state index is 6.22. The number of fused-ring (bicyclic) bond motifs is 1. The fraction of sp³-hybridized carbons (Fsp3) is 0.200. The van der Waals surface area contributed by atoms with Crippen LogP contribution in [0.3, 0.4) is 0 Å². The summed E-state index contributed by atoms with van der Waals surface area (Å²) in [7, 11) is 0. The van der Waals surface area contributed by atoms with E-state index >= 15 is 0 Å². The van der Waals surface area contributed by atoms with Crippen LogP contribution in [0.1, 0.15) is 11.7 Å². The molecule has 0 aliphatic carbocycles. The third-order valence-electron chi connectivity index (χ3n) is 2.43. The maximum Gasteiger partial charge on any atom is 0.0708 e. The van der Waals surface area contributed by atoms with E-state index in [1.807, 2.05) is 24.3 Å². The smallest absolute Gasteiger partial charge is 0.0708 e. The summed E-state index contributed by atoms with van der Waals surface area (Å²) in [4.78, 5) is 3.33. The van der Waals surface area contributed by atoms with Crippen molar-refractivity contribution in [3.8, 4) is 0 Å². The number of rotatable bonds is 1. The van der Waals surface area contributed by atoms with Gasteiger partial charge in [0, 0.05) is 17.4 Å². The van der Waals surface area contributed by atoms with Crippen molar-refractivity contribution < 1.29 is 0 Å². The van der Waals surface area contributed by atoms with Crippen molar-refractivity contribution in [3.63, 3.8) is 0 Å². The predicted octanol–water partition coefficient (Wildman–Crippen LogP) is 2.47. The van der Waals surface area contributed by atoms with Crippen molar-refractivity contribution in [2.24, 2.45) is 0 Å². The molecule has 1 saturated heterocycles. The minimum absolute atomic E-state index is 0.444. The highest BCUT2D eigenvalue weighted by Gasteiger charge is 2.27. The maximum absolute atomic E-state index is 6.22. The Labute approximate surface area is 80.9 Å². The number of para-hydroxylation sites is 1. The van der Waals surface area contributed by atoms with Crippen LogP contribution in [0.5, 0.6) is 0 Å². The van der Waals surface area contributed by atoms with E-state index in [2.05, 4.69) is 10.3 Å². The summed E-state index contributed by atoms with van der Waals surface area (Å²) < 4.78 is 0. The molecule has 3 heteroatoms. The second kappa shape index (κ2) is 2.50. The Bertz CT molecular complexity index is 457. The second-order valence-corrected chi connectivity index (χ2v) is 3.74. The first-order chi connectivity index (χ1) is 6.36. The molecule has 1 aliphatic heterocycles. The Morgan fingerprint density at radius 2 is 2.08 bits per heavy atom. The first-order valence-electron chi connectivity index (χ1n) is 4.36. The van der Waals surface area contributed by atoms with Crippen LogP contribution in [-0.2, 0) is 0 Å². The molecule has 0 amide bonds. The lowest BCUT2D eigenvalue weighted by Gasteiger charge is -1.90. The van der Waals surface area contributed by atoms with E-state index < -0.39 is 0 Å². The lowest BCUT2D eigenvalue weighted by molar-refractivity contribution is 1.02. The summed E-state index contributed by atoms with van der Waals surface area (Å²) in [5.41, 5.74) is 2.25. The standard InChI is InChI=1S/C10H9ClN2/c11-9-6-3-1-2-4-7(6)13-10(9)8-5-12-8/h1-4,8,12-13H,5H2/t8-/m1/s1. The summed E-state index contributed by atoms with van der Waals surface area (Å²) >= 11 is 6.22. The van der Waals surface area contributed by atoms with Gasteiger partial charge in [0.1, 0.15) is 0 Å². The third-order valence-corrected chi connectivity index (χ3v) is 2.83. The van der Waals surface area contributed by atoms with E-state index in [1.165, 1.54) is 0 Å². The average molecular weight is 193 g/mol. The molecule has 3 rings (SSSR count). The van der Waals surface area contributed by atoms with Crippen LogP contribution < -0.4 is 5.32 Å². The molecule has 0 bridgehead atoms. The molecular weight excluding hydrogens is 184 g/mol. The van der Waals surface area contributed by atoms with E-state index in [1.54, 1.807) is 0 Å². The Balaban J connectivity index is 2.30. The molecular formula is C10H9ClN2. The van der Waals surface area contributed by atoms with E-state index in [0.717, 1.165) is 28.2 Å². The Kier molecular flexibility index (Phi) is 1.43. The molecule has 1 aliphatic rings. The van der Waals surface area contributed by atoms with Crippen LogP contribution in [0.4, 0.5) is 0 Å². The number of aromatic nitrogens is 1. The van der Waals surface area contributed by atoms with E-state index in [9.17, 15) is 0 Å². The molecule has 1 atom stereocenters. The van der Waals surface area contributed by atoms with Crippen LogP contribution in [0, 0.1) is 0 Å². The fourth-order valence-corrected chi connectivity index (χ4v) is 1.98. The SMILES string of the molecule is Clc1c([C@H]2CN2)[nH]c2ccccc12. The van der Waals surface area contributed by atoms with Crippen LogP contribution in [0.15, 0.2) is 24.3 Å². The van der Waals surface area contributed by atoms with Crippen LogP contribution >= 0.6 is 11.6 Å². The van der Waals surface area contributed by atoms with Crippen LogP contribution in [-0.4, -0.2) is 11.5 Å². The molecule has 2 nitrogen and oxygen atoms in total. The summed E-state index contributed by atoms with van der Waals surface area (Å²) in [6, 6.07) is 8.55. The van der Waals surface area contributed by atoms with Gasteiger partial charge in [0.25, 0.3) is 0 Å². The van der Waals surface area contributed by atoms with Crippen molar-refractivity contribution in [1.82, 2.24) is 10.3 Å². The highest BCUT2D eigenvalue weighted by Crippen LogP contribution is 2.34. The topological polar surface area (TPSA) is 37.7 Å². The zero-order valence-corrected chi connectivity index (χ0v) is 7.73. The first-order valence-corrected chi connectivity index (χ1v) is 4.73. The monoisotopic (exact) mass is 192 g/mol. The van der Waals surface area contributed by atoms with Gasteiger partial charge in [-0.3, -0.25) is 0 Å². The number of nitrogens with one attached hydrogen (secondary N) is 2. The minimum atomic E-state index is 0.444. The van der Waals surface area contributed by atoms with E-state index in [0.29, 0.717) is 6.04 Å². The van der Waals surface area contributed by atoms with E-state index in [4.69, 9.17) is 11.6 Å². The van der Waals surface area contributed by atoms with Crippen molar-refractivity contribution in [3.05, 3.63) is 35.0 Å². The third kappa shape index (κ3) is 1.06. The number of halogens is 1. The Morgan fingerprint density at radius 1 is 1.31 bits per heavy atom. The van der Waals surface area contributed by atoms with Gasteiger partial charge in [0.05, 0.1) is 16.8 Å². The summed E-state index contributed by atoms with van der Waals surface area (Å²) in [5, 5.41) is 5.22. The highest BCUT2D eigenvalue weighted by molar-refractivity contribution is 6.36. The quantitative estimate of drug-likeness (QED) is 0.670. The van der Waals surface area contributed by atoms with Crippen molar-refractivity contribution in [2.75, 3.05) is 6.54 Å². The number of benzene rings is 1. The Hall–Kier alpha value is -0.990. The molecule has 0 unspecified atom stereocenters. The van der Waals surface area contributed by atoms with Gasteiger partial charge in [-0.05, 0) is 6.07 Å². The van der Waals surface area contributed by atoms with Gasteiger partial charge in [0.2, 0.25) is 0 Å². The molecule has 0 spiro atoms. The summed E-state index contributed by atoms with van der Waals surface area (Å²) in [6.45, 7) is 1.03. The van der Waals surface area contributed by atoms with Gasteiger partial charge in [-0.15, -0.1) is 0 Å². The van der Waals surface area contributed by atoms with Crippen molar-refractivity contribution in [1.29, 1.82) is 0 Å². The summed E-state index contributed by atoms with van der Waals surface area (Å²) in [5.74, 6) is 0. The van der Waals surface area contributed by atoms with Gasteiger partial charge in [-0.2, -0.15) is 0 Å². The largest absolute Gasteiger partial charge is 0.356 e. The second-order valence-electron chi connectivity index (χ2n) is 3.36. The van der Waals surface area contributed by atoms with E-state index in [-0.39, 0.29) is 0 Å². The number of hydrogen-bond donors (Lipinski definition) is 2. The van der Waals surface area contributed by atoms with Gasteiger partial charge in [0.15, 0.2) is 0 Å². The molecule has 2 heterocycles. The number of hydrogen-bond acceptors (Lipinski definition) is 1. The lowest BCUT2D eigenvalue weighted by Crippen LogP contribution is -1.83. The molecule has 2 N–H and O–H groups in total. The normalized spacial score (nSPS) is 20.8. The predicted molar refractivity (Wildman–Crippen MR) is 54.1 cm³/mol. The molecule has 1 fully saturated rings. The number of H-pyrrole nitrogens is 1. The fourth-order valence-electron chi connectivity index (χ4n) is 1.63. The van der Waals surface area contributed by atoms with Crippen molar-refractivity contribution in [2.45, 2.75) is 6.04 Å². The van der Waals surface area contributed by atoms with Crippen LogP contribution in [0.2, 0.25) is 5.02 Å². The Morgan fingerprint density at radius 3 is 2.77 bits per heavy atom. The van der Waals surface area contributed by atoms with Gasteiger partial charge in [-0.1, -0.05) is 29.8 Å². The van der Waals surface area contributed by atoms with Crippen molar-refractivity contribution >= 4 is 22.5 Å². The lowest BCUT2D eigenvalue weighted by atomic mass is 10.2. The highest BCUT2D eigenvalue weighted by atomic mass is 35.5. The molecule has 0 saturated carbocycles. The summed E-state index contributed by atoms with van der Waals surface area (Å²) in [6.07, 6.45) is 0. The van der Waals surface area contributed by atoms with Gasteiger partial charge in [-0.25, -0.2) is 0 Å². The number of aromatic amines is 1. The molecule has 1 aromatic carbocycles. The van der Waals surface area contributed by atoms with Crippen LogP contribution in [0.25, 0.3) is 10.9 Å². The molecule has 66 valence electrons. The molecule has 2 aromatic rings. The average Bonchev–Trinajstić information content (AvgIpc) is 2.94. The molecule has 13 heavy (non-hydrogen) atoms. The zero-order chi connectivity index (χ0) is 8.84. The molecule has 0 radical (unpaired) electrons.